The third-order valence-electron chi connectivity index (χ3n) is 4.21. The van der Waals surface area contributed by atoms with Gasteiger partial charge in [0.2, 0.25) is 0 Å². The molecule has 4 rings (SSSR count). The lowest BCUT2D eigenvalue weighted by atomic mass is 9.92. The Morgan fingerprint density at radius 2 is 1.27 bits per heavy atom. The Hall–Kier alpha value is -1.93. The van der Waals surface area contributed by atoms with Gasteiger partial charge in [-0.05, 0) is 44.3 Å². The highest BCUT2D eigenvalue weighted by atomic mass is 31.2. The number of hydrogen-bond donors (Lipinski definition) is 2. The molecule has 0 aliphatic heterocycles. The molecule has 0 bridgehead atoms. The van der Waals surface area contributed by atoms with Gasteiger partial charge in [0, 0.05) is 0 Å². The number of benzene rings is 4. The van der Waals surface area contributed by atoms with Gasteiger partial charge < -0.3 is 9.79 Å². The Morgan fingerprint density at radius 3 is 1.82 bits per heavy atom. The zero-order chi connectivity index (χ0) is 15.3. The maximum atomic E-state index is 11.1. The largest absolute Gasteiger partial charge is 0.325 e. The van der Waals surface area contributed by atoms with E-state index in [1.807, 2.05) is 12.1 Å². The van der Waals surface area contributed by atoms with Crippen molar-refractivity contribution in [3.63, 3.8) is 0 Å². The van der Waals surface area contributed by atoms with E-state index in [9.17, 15) is 4.57 Å². The highest BCUT2D eigenvalue weighted by Crippen LogP contribution is 2.37. The van der Waals surface area contributed by atoms with Crippen molar-refractivity contribution >= 4 is 39.9 Å². The van der Waals surface area contributed by atoms with Crippen molar-refractivity contribution in [3.8, 4) is 0 Å². The van der Waals surface area contributed by atoms with Gasteiger partial charge in [-0.1, -0.05) is 54.6 Å². The van der Waals surface area contributed by atoms with Gasteiger partial charge in [0.05, 0.1) is 6.16 Å². The summed E-state index contributed by atoms with van der Waals surface area (Å²) in [6, 6.07) is 18.8. The molecule has 0 spiro atoms. The average molecular weight is 310 g/mol. The lowest BCUT2D eigenvalue weighted by Gasteiger charge is -2.12. The summed E-state index contributed by atoms with van der Waals surface area (Å²) < 4.78 is 11.1. The second-order valence-corrected chi connectivity index (χ2v) is 7.54. The van der Waals surface area contributed by atoms with E-state index in [2.05, 4.69) is 42.5 Å². The van der Waals surface area contributed by atoms with Crippen LogP contribution in [0.2, 0.25) is 0 Å². The maximum absolute atomic E-state index is 11.1. The van der Waals surface area contributed by atoms with Crippen molar-refractivity contribution in [1.29, 1.82) is 0 Å². The Morgan fingerprint density at radius 1 is 0.773 bits per heavy atom. The van der Waals surface area contributed by atoms with Crippen LogP contribution in [0, 0.1) is 0 Å². The topological polar surface area (TPSA) is 57.5 Å². The minimum atomic E-state index is -3.96. The van der Waals surface area contributed by atoms with Gasteiger partial charge in [-0.15, -0.1) is 0 Å². The quantitative estimate of drug-likeness (QED) is 0.438. The van der Waals surface area contributed by atoms with E-state index in [1.54, 1.807) is 0 Å². The molecule has 0 amide bonds. The van der Waals surface area contributed by atoms with Gasteiger partial charge in [0.25, 0.3) is 0 Å². The highest BCUT2D eigenvalue weighted by molar-refractivity contribution is 7.51. The summed E-state index contributed by atoms with van der Waals surface area (Å²) in [4.78, 5) is 18.1. The molecule has 0 saturated carbocycles. The fourth-order valence-electron chi connectivity index (χ4n) is 3.24. The number of rotatable bonds is 3. The predicted octanol–water partition coefficient (Wildman–Crippen LogP) is 4.30. The van der Waals surface area contributed by atoms with Gasteiger partial charge in [-0.3, -0.25) is 4.57 Å². The first-order valence-corrected chi connectivity index (χ1v) is 9.02. The minimum Gasteiger partial charge on any atom is -0.324 e. The summed E-state index contributed by atoms with van der Waals surface area (Å²) in [6.45, 7) is 0. The average Bonchev–Trinajstić information content (AvgIpc) is 2.50. The first-order valence-electron chi connectivity index (χ1n) is 7.22. The van der Waals surface area contributed by atoms with Crippen LogP contribution in [0.1, 0.15) is 5.56 Å². The van der Waals surface area contributed by atoms with E-state index in [4.69, 9.17) is 9.79 Å². The van der Waals surface area contributed by atoms with Crippen LogP contribution >= 0.6 is 7.60 Å². The zero-order valence-corrected chi connectivity index (χ0v) is 12.8. The molecule has 3 nitrogen and oxygen atoms in total. The third-order valence-corrected chi connectivity index (χ3v) is 5.02. The normalized spacial score (nSPS) is 12.6. The SMILES string of the molecule is O=P(O)(O)CCc1cc2ccc3cccc4ccc(c1)c2c34. The molecule has 22 heavy (non-hydrogen) atoms. The van der Waals surface area contributed by atoms with Crippen molar-refractivity contribution in [2.75, 3.05) is 6.16 Å². The number of aryl methyl sites for hydroxylation is 1. The summed E-state index contributed by atoms with van der Waals surface area (Å²) in [7, 11) is -3.96. The molecule has 0 heterocycles. The maximum Gasteiger partial charge on any atom is 0.325 e. The molecule has 0 atom stereocenters. The van der Waals surface area contributed by atoms with Crippen molar-refractivity contribution in [2.45, 2.75) is 6.42 Å². The molecule has 0 aliphatic carbocycles. The van der Waals surface area contributed by atoms with E-state index >= 15 is 0 Å². The van der Waals surface area contributed by atoms with Crippen molar-refractivity contribution in [2.24, 2.45) is 0 Å². The van der Waals surface area contributed by atoms with E-state index in [0.29, 0.717) is 6.42 Å². The van der Waals surface area contributed by atoms with Gasteiger partial charge in [-0.2, -0.15) is 0 Å². The first kappa shape index (κ1) is 13.7. The summed E-state index contributed by atoms with van der Waals surface area (Å²) >= 11 is 0. The van der Waals surface area contributed by atoms with Gasteiger partial charge in [-0.25, -0.2) is 0 Å². The molecule has 0 aliphatic rings. The lowest BCUT2D eigenvalue weighted by molar-refractivity contribution is 0.373. The molecule has 0 aromatic heterocycles. The smallest absolute Gasteiger partial charge is 0.324 e. The zero-order valence-electron chi connectivity index (χ0n) is 11.9. The molecule has 0 fully saturated rings. The van der Waals surface area contributed by atoms with Gasteiger partial charge in [0.1, 0.15) is 0 Å². The van der Waals surface area contributed by atoms with E-state index in [0.717, 1.165) is 16.3 Å². The second kappa shape index (κ2) is 4.79. The fraction of sp³-hybridized carbons (Fsp3) is 0.111. The summed E-state index contributed by atoms with van der Waals surface area (Å²) in [6.07, 6.45) is 0.279. The van der Waals surface area contributed by atoms with Crippen LogP contribution < -0.4 is 0 Å². The van der Waals surface area contributed by atoms with Crippen LogP contribution in [-0.4, -0.2) is 15.9 Å². The highest BCUT2D eigenvalue weighted by Gasteiger charge is 2.14. The second-order valence-electron chi connectivity index (χ2n) is 5.77. The molecular formula is C18H15O3P. The standard InChI is InChI=1S/C18H15O3P/c19-22(20,21)9-8-12-10-15-6-4-13-2-1-3-14-5-7-16(11-12)18(15)17(13)14/h1-7,10-11H,8-9H2,(H2,19,20,21). The van der Waals surface area contributed by atoms with Crippen LogP contribution in [0.4, 0.5) is 0 Å². The minimum absolute atomic E-state index is 0.111. The Balaban J connectivity index is 1.95. The molecule has 0 radical (unpaired) electrons. The van der Waals surface area contributed by atoms with Crippen LogP contribution in [0.15, 0.2) is 54.6 Å². The third kappa shape index (κ3) is 2.28. The van der Waals surface area contributed by atoms with Gasteiger partial charge in [0.15, 0.2) is 0 Å². The molecular weight excluding hydrogens is 295 g/mol. The fourth-order valence-corrected chi connectivity index (χ4v) is 3.79. The van der Waals surface area contributed by atoms with Crippen LogP contribution in [0.25, 0.3) is 32.3 Å². The molecule has 0 unspecified atom stereocenters. The summed E-state index contributed by atoms with van der Waals surface area (Å²) in [5.74, 6) is 0. The Labute approximate surface area is 127 Å². The predicted molar refractivity (Wildman–Crippen MR) is 90.8 cm³/mol. The van der Waals surface area contributed by atoms with Crippen molar-refractivity contribution in [1.82, 2.24) is 0 Å². The molecule has 4 aromatic rings. The van der Waals surface area contributed by atoms with E-state index in [1.165, 1.54) is 21.5 Å². The van der Waals surface area contributed by atoms with E-state index in [-0.39, 0.29) is 6.16 Å². The van der Waals surface area contributed by atoms with E-state index < -0.39 is 7.60 Å². The monoisotopic (exact) mass is 310 g/mol. The Bertz CT molecular complexity index is 969. The molecule has 4 heteroatoms. The summed E-state index contributed by atoms with van der Waals surface area (Å²) in [5, 5.41) is 7.19. The molecule has 110 valence electrons. The van der Waals surface area contributed by atoms with Crippen molar-refractivity contribution < 1.29 is 14.4 Å². The van der Waals surface area contributed by atoms with Crippen molar-refractivity contribution in [3.05, 3.63) is 60.2 Å². The van der Waals surface area contributed by atoms with Crippen LogP contribution in [0.3, 0.4) is 0 Å². The number of hydrogen-bond acceptors (Lipinski definition) is 1. The summed E-state index contributed by atoms with van der Waals surface area (Å²) in [5.41, 5.74) is 0.967. The lowest BCUT2D eigenvalue weighted by Crippen LogP contribution is -1.94. The molecule has 4 aromatic carbocycles. The molecule has 2 N–H and O–H groups in total. The Kier molecular flexibility index (Phi) is 2.98. The van der Waals surface area contributed by atoms with Gasteiger partial charge >= 0.3 is 7.60 Å². The molecule has 0 saturated heterocycles. The van der Waals surface area contributed by atoms with Crippen LogP contribution in [0.5, 0.6) is 0 Å². The first-order chi connectivity index (χ1) is 10.5. The van der Waals surface area contributed by atoms with Crippen LogP contribution in [-0.2, 0) is 11.0 Å².